The number of hydrogen-bond acceptors (Lipinski definition) is 3. The minimum absolute atomic E-state index is 0.381. The number of rotatable bonds is 5. The lowest BCUT2D eigenvalue weighted by Crippen LogP contribution is -2.26. The van der Waals surface area contributed by atoms with E-state index in [1.54, 1.807) is 6.92 Å². The summed E-state index contributed by atoms with van der Waals surface area (Å²) in [5.74, 6) is 0.839. The third-order valence-corrected chi connectivity index (χ3v) is 3.13. The van der Waals surface area contributed by atoms with Crippen LogP contribution in [0.1, 0.15) is 26.1 Å². The molecule has 0 fully saturated rings. The zero-order valence-electron chi connectivity index (χ0n) is 10.9. The Morgan fingerprint density at radius 1 is 1.28 bits per heavy atom. The van der Waals surface area contributed by atoms with Crippen LogP contribution in [0.4, 0.5) is 0 Å². The molecule has 0 amide bonds. The fourth-order valence-electron chi connectivity index (χ4n) is 2.11. The smallest absolute Gasteiger partial charge is 0.112 e. The van der Waals surface area contributed by atoms with Crippen molar-refractivity contribution in [2.45, 2.75) is 45.4 Å². The normalized spacial score (nSPS) is 14.9. The second-order valence-corrected chi connectivity index (χ2v) is 4.68. The van der Waals surface area contributed by atoms with Gasteiger partial charge in [0, 0.05) is 13.0 Å². The van der Waals surface area contributed by atoms with Crippen molar-refractivity contribution in [3.8, 4) is 0 Å². The Morgan fingerprint density at radius 2 is 2.00 bits per heavy atom. The number of aliphatic hydroxyl groups is 2. The van der Waals surface area contributed by atoms with Gasteiger partial charge in [0.25, 0.3) is 0 Å². The van der Waals surface area contributed by atoms with Gasteiger partial charge in [-0.2, -0.15) is 0 Å². The van der Waals surface area contributed by atoms with Gasteiger partial charge in [0.15, 0.2) is 0 Å². The number of hydrogen-bond donors (Lipinski definition) is 2. The summed E-state index contributed by atoms with van der Waals surface area (Å²) in [5, 5.41) is 19.2. The van der Waals surface area contributed by atoms with Crippen LogP contribution in [-0.4, -0.2) is 32.0 Å². The molecule has 0 bridgehead atoms. The standard InChI is InChI=1S/C14H20N2O2/c1-3-8-16-12-7-5-4-6-11(12)15-14(16)9-13(18)10(2)17/h4-7,10,13,17-18H,3,8-9H2,1-2H3. The molecule has 4 heteroatoms. The van der Waals surface area contributed by atoms with Gasteiger partial charge in [0.05, 0.1) is 23.2 Å². The monoisotopic (exact) mass is 248 g/mol. The minimum atomic E-state index is -0.766. The Morgan fingerprint density at radius 3 is 2.67 bits per heavy atom. The summed E-state index contributed by atoms with van der Waals surface area (Å²) in [6.07, 6.45) is -0.109. The second-order valence-electron chi connectivity index (χ2n) is 4.68. The minimum Gasteiger partial charge on any atom is -0.391 e. The quantitative estimate of drug-likeness (QED) is 0.847. The van der Waals surface area contributed by atoms with Gasteiger partial charge in [-0.1, -0.05) is 19.1 Å². The first-order chi connectivity index (χ1) is 8.63. The Balaban J connectivity index is 2.39. The molecular formula is C14H20N2O2. The maximum absolute atomic E-state index is 9.79. The number of aliphatic hydroxyl groups excluding tert-OH is 2. The van der Waals surface area contributed by atoms with E-state index in [2.05, 4.69) is 16.5 Å². The number of benzene rings is 1. The molecule has 0 saturated heterocycles. The molecular weight excluding hydrogens is 228 g/mol. The van der Waals surface area contributed by atoms with Crippen LogP contribution in [0.15, 0.2) is 24.3 Å². The predicted molar refractivity (Wildman–Crippen MR) is 71.4 cm³/mol. The molecule has 0 aliphatic heterocycles. The van der Waals surface area contributed by atoms with E-state index in [-0.39, 0.29) is 0 Å². The van der Waals surface area contributed by atoms with Gasteiger partial charge in [-0.3, -0.25) is 0 Å². The third kappa shape index (κ3) is 2.54. The summed E-state index contributed by atoms with van der Waals surface area (Å²) in [4.78, 5) is 4.55. The molecule has 0 aliphatic rings. The van der Waals surface area contributed by atoms with Crippen LogP contribution in [0.2, 0.25) is 0 Å². The van der Waals surface area contributed by atoms with E-state index in [9.17, 15) is 10.2 Å². The largest absolute Gasteiger partial charge is 0.391 e. The summed E-state index contributed by atoms with van der Waals surface area (Å²) in [6.45, 7) is 4.59. The molecule has 2 rings (SSSR count). The van der Waals surface area contributed by atoms with E-state index in [4.69, 9.17) is 0 Å². The lowest BCUT2D eigenvalue weighted by molar-refractivity contribution is 0.0303. The molecule has 1 aromatic carbocycles. The second kappa shape index (κ2) is 5.50. The lowest BCUT2D eigenvalue weighted by Gasteiger charge is -2.14. The molecule has 0 saturated carbocycles. The van der Waals surface area contributed by atoms with E-state index >= 15 is 0 Å². The van der Waals surface area contributed by atoms with Gasteiger partial charge in [0.2, 0.25) is 0 Å². The number of para-hydroxylation sites is 2. The summed E-state index contributed by atoms with van der Waals surface area (Å²) < 4.78 is 2.13. The van der Waals surface area contributed by atoms with Crippen molar-refractivity contribution < 1.29 is 10.2 Å². The van der Waals surface area contributed by atoms with Crippen LogP contribution in [0.3, 0.4) is 0 Å². The number of nitrogens with zero attached hydrogens (tertiary/aromatic N) is 2. The van der Waals surface area contributed by atoms with Gasteiger partial charge < -0.3 is 14.8 Å². The van der Waals surface area contributed by atoms with Crippen molar-refractivity contribution in [2.75, 3.05) is 0 Å². The van der Waals surface area contributed by atoms with E-state index in [1.165, 1.54) is 0 Å². The highest BCUT2D eigenvalue weighted by Crippen LogP contribution is 2.18. The van der Waals surface area contributed by atoms with Crippen molar-refractivity contribution in [1.29, 1.82) is 0 Å². The van der Waals surface area contributed by atoms with E-state index in [1.807, 2.05) is 24.3 Å². The van der Waals surface area contributed by atoms with Gasteiger partial charge in [-0.05, 0) is 25.5 Å². The molecule has 18 heavy (non-hydrogen) atoms. The van der Waals surface area contributed by atoms with Crippen molar-refractivity contribution in [3.63, 3.8) is 0 Å². The molecule has 2 atom stereocenters. The molecule has 0 spiro atoms. The third-order valence-electron chi connectivity index (χ3n) is 3.13. The van der Waals surface area contributed by atoms with Gasteiger partial charge >= 0.3 is 0 Å². The average molecular weight is 248 g/mol. The number of imidazole rings is 1. The molecule has 0 radical (unpaired) electrons. The molecule has 1 aromatic heterocycles. The van der Waals surface area contributed by atoms with Gasteiger partial charge in [-0.15, -0.1) is 0 Å². The van der Waals surface area contributed by atoms with Crippen LogP contribution < -0.4 is 0 Å². The highest BCUT2D eigenvalue weighted by atomic mass is 16.3. The predicted octanol–water partition coefficient (Wildman–Crippen LogP) is 1.73. The Labute approximate surface area is 107 Å². The zero-order chi connectivity index (χ0) is 13.1. The molecule has 0 aliphatic carbocycles. The highest BCUT2D eigenvalue weighted by molar-refractivity contribution is 5.75. The Hall–Kier alpha value is -1.39. The first-order valence-electron chi connectivity index (χ1n) is 6.43. The molecule has 4 nitrogen and oxygen atoms in total. The zero-order valence-corrected chi connectivity index (χ0v) is 10.9. The molecule has 98 valence electrons. The average Bonchev–Trinajstić information content (AvgIpc) is 2.68. The summed E-state index contributed by atoms with van der Waals surface area (Å²) >= 11 is 0. The van der Waals surface area contributed by atoms with Gasteiger partial charge in [0.1, 0.15) is 5.82 Å². The number of aromatic nitrogens is 2. The Kier molecular flexibility index (Phi) is 3.99. The topological polar surface area (TPSA) is 58.3 Å². The maximum Gasteiger partial charge on any atom is 0.112 e. The fourth-order valence-corrected chi connectivity index (χ4v) is 2.11. The van der Waals surface area contributed by atoms with Crippen LogP contribution in [0, 0.1) is 0 Å². The molecule has 2 N–H and O–H groups in total. The van der Waals surface area contributed by atoms with Crippen molar-refractivity contribution in [1.82, 2.24) is 9.55 Å². The summed E-state index contributed by atoms with van der Waals surface area (Å²) in [5.41, 5.74) is 2.03. The maximum atomic E-state index is 9.79. The molecule has 2 unspecified atom stereocenters. The first kappa shape index (κ1) is 13.1. The van der Waals surface area contributed by atoms with Crippen molar-refractivity contribution in [2.24, 2.45) is 0 Å². The summed E-state index contributed by atoms with van der Waals surface area (Å²) in [7, 11) is 0. The molecule has 1 heterocycles. The van der Waals surface area contributed by atoms with Crippen LogP contribution in [0.5, 0.6) is 0 Å². The van der Waals surface area contributed by atoms with E-state index in [0.717, 1.165) is 29.8 Å². The van der Waals surface area contributed by atoms with E-state index < -0.39 is 12.2 Å². The van der Waals surface area contributed by atoms with Crippen molar-refractivity contribution in [3.05, 3.63) is 30.1 Å². The first-order valence-corrected chi connectivity index (χ1v) is 6.43. The Bertz CT molecular complexity index is 519. The summed E-state index contributed by atoms with van der Waals surface area (Å²) in [6, 6.07) is 7.96. The van der Waals surface area contributed by atoms with Gasteiger partial charge in [-0.25, -0.2) is 4.98 Å². The van der Waals surface area contributed by atoms with Crippen LogP contribution in [0.25, 0.3) is 11.0 Å². The van der Waals surface area contributed by atoms with Crippen LogP contribution >= 0.6 is 0 Å². The van der Waals surface area contributed by atoms with E-state index in [0.29, 0.717) is 6.42 Å². The highest BCUT2D eigenvalue weighted by Gasteiger charge is 2.17. The lowest BCUT2D eigenvalue weighted by atomic mass is 10.1. The van der Waals surface area contributed by atoms with Crippen LogP contribution in [-0.2, 0) is 13.0 Å². The number of fused-ring (bicyclic) bond motifs is 1. The fraction of sp³-hybridized carbons (Fsp3) is 0.500. The SMILES string of the molecule is CCCn1c(CC(O)C(C)O)nc2ccccc21. The number of aryl methyl sites for hydroxylation is 1. The molecule has 2 aromatic rings. The van der Waals surface area contributed by atoms with Crippen molar-refractivity contribution >= 4 is 11.0 Å².